The summed E-state index contributed by atoms with van der Waals surface area (Å²) in [4.78, 5) is 30.2. The van der Waals surface area contributed by atoms with Crippen LogP contribution in [0, 0.1) is 10.1 Å². The Morgan fingerprint density at radius 2 is 2.16 bits per heavy atom. The van der Waals surface area contributed by atoms with E-state index in [0.717, 1.165) is 25.0 Å². The van der Waals surface area contributed by atoms with Gasteiger partial charge < -0.3 is 5.11 Å². The molecule has 104 valence electrons. The minimum atomic E-state index is -0.726. The number of rotatable bonds is 7. The van der Waals surface area contributed by atoms with Crippen LogP contribution in [0.2, 0.25) is 0 Å². The summed E-state index contributed by atoms with van der Waals surface area (Å²) in [5.74, 6) is -1.05. The lowest BCUT2D eigenvalue weighted by atomic mass is 10.2. The van der Waals surface area contributed by atoms with Crippen LogP contribution in [-0.4, -0.2) is 16.0 Å². The molecule has 0 aliphatic carbocycles. The molecule has 0 heterocycles. The fraction of sp³-hybridized carbons (Fsp3) is 0.417. The van der Waals surface area contributed by atoms with E-state index in [1.807, 2.05) is 6.92 Å². The molecule has 0 radical (unpaired) electrons. The van der Waals surface area contributed by atoms with Crippen LogP contribution >= 0.6 is 0 Å². The van der Waals surface area contributed by atoms with Crippen molar-refractivity contribution in [3.8, 4) is 11.5 Å². The summed E-state index contributed by atoms with van der Waals surface area (Å²) in [6.45, 7) is 2.02. The summed E-state index contributed by atoms with van der Waals surface area (Å²) in [7, 11) is 0. The van der Waals surface area contributed by atoms with E-state index in [2.05, 4.69) is 9.78 Å². The van der Waals surface area contributed by atoms with E-state index in [9.17, 15) is 20.0 Å². The Morgan fingerprint density at radius 1 is 1.42 bits per heavy atom. The highest BCUT2D eigenvalue weighted by atomic mass is 17.2. The number of phenols is 1. The first-order valence-electron chi connectivity index (χ1n) is 5.89. The number of nitrogens with zero attached hydrogens (tertiary/aromatic N) is 1. The van der Waals surface area contributed by atoms with E-state index in [1.54, 1.807) is 0 Å². The lowest BCUT2D eigenvalue weighted by Gasteiger charge is -2.04. The predicted molar refractivity (Wildman–Crippen MR) is 65.6 cm³/mol. The van der Waals surface area contributed by atoms with Crippen molar-refractivity contribution in [2.75, 3.05) is 0 Å². The maximum atomic E-state index is 11.2. The van der Waals surface area contributed by atoms with Gasteiger partial charge in [0.15, 0.2) is 11.5 Å². The molecule has 0 bridgehead atoms. The minimum absolute atomic E-state index is 0.0203. The second-order valence-electron chi connectivity index (χ2n) is 3.90. The fourth-order valence-electron chi connectivity index (χ4n) is 1.37. The predicted octanol–water partition coefficient (Wildman–Crippen LogP) is 2.72. The van der Waals surface area contributed by atoms with Crippen molar-refractivity contribution >= 4 is 11.7 Å². The lowest BCUT2D eigenvalue weighted by molar-refractivity contribution is -0.385. The number of carbonyl (C=O) groups is 1. The first-order chi connectivity index (χ1) is 9.04. The standard InChI is InChI=1S/C12H15NO6/c1-2-3-4-5-12(15)19-18-9-6-7-10(13(16)17)11(14)8-9/h6-8,14H,2-5H2,1H3. The third kappa shape index (κ3) is 4.82. The highest BCUT2D eigenvalue weighted by Gasteiger charge is 2.14. The maximum absolute atomic E-state index is 11.2. The van der Waals surface area contributed by atoms with Crippen molar-refractivity contribution < 1.29 is 24.6 Å². The molecule has 1 aromatic carbocycles. The van der Waals surface area contributed by atoms with Gasteiger partial charge in [-0.05, 0) is 12.5 Å². The number of unbranched alkanes of at least 4 members (excludes halogenated alkanes) is 2. The molecule has 0 atom stereocenters. The Kier molecular flexibility index (Phi) is 5.59. The van der Waals surface area contributed by atoms with Crippen molar-refractivity contribution in [2.24, 2.45) is 0 Å². The summed E-state index contributed by atoms with van der Waals surface area (Å²) in [5, 5.41) is 19.8. The Labute approximate surface area is 109 Å². The van der Waals surface area contributed by atoms with Crippen LogP contribution in [0.1, 0.15) is 32.6 Å². The highest BCUT2D eigenvalue weighted by Crippen LogP contribution is 2.29. The third-order valence-corrected chi connectivity index (χ3v) is 2.36. The van der Waals surface area contributed by atoms with Gasteiger partial charge in [0.2, 0.25) is 0 Å². The number of aromatic hydroxyl groups is 1. The van der Waals surface area contributed by atoms with E-state index in [4.69, 9.17) is 0 Å². The van der Waals surface area contributed by atoms with E-state index in [0.29, 0.717) is 6.42 Å². The number of phenolic OH excluding ortho intramolecular Hbond substituents is 1. The molecular weight excluding hydrogens is 254 g/mol. The third-order valence-electron chi connectivity index (χ3n) is 2.36. The molecule has 0 fully saturated rings. The summed E-state index contributed by atoms with van der Waals surface area (Å²) in [6, 6.07) is 3.31. The van der Waals surface area contributed by atoms with Crippen molar-refractivity contribution in [1.29, 1.82) is 0 Å². The molecule has 0 saturated carbocycles. The summed E-state index contributed by atoms with van der Waals surface area (Å²) in [6.07, 6.45) is 2.87. The lowest BCUT2D eigenvalue weighted by Crippen LogP contribution is -2.07. The number of benzene rings is 1. The van der Waals surface area contributed by atoms with Gasteiger partial charge in [0.05, 0.1) is 11.3 Å². The van der Waals surface area contributed by atoms with Gasteiger partial charge in [-0.2, -0.15) is 0 Å². The molecule has 0 spiro atoms. The molecule has 0 saturated heterocycles. The van der Waals surface area contributed by atoms with Crippen LogP contribution < -0.4 is 4.89 Å². The Bertz CT molecular complexity index is 460. The average molecular weight is 269 g/mol. The molecule has 0 aromatic heterocycles. The molecule has 19 heavy (non-hydrogen) atoms. The number of hydrogen-bond donors (Lipinski definition) is 1. The second kappa shape index (κ2) is 7.20. The van der Waals surface area contributed by atoms with Crippen LogP contribution in [0.15, 0.2) is 18.2 Å². The first-order valence-corrected chi connectivity index (χ1v) is 5.89. The van der Waals surface area contributed by atoms with Crippen molar-refractivity contribution in [3.63, 3.8) is 0 Å². The average Bonchev–Trinajstić information content (AvgIpc) is 2.36. The zero-order valence-electron chi connectivity index (χ0n) is 10.5. The molecule has 7 nitrogen and oxygen atoms in total. The van der Waals surface area contributed by atoms with E-state index in [-0.39, 0.29) is 12.2 Å². The molecule has 0 aliphatic rings. The Morgan fingerprint density at radius 3 is 2.74 bits per heavy atom. The zero-order chi connectivity index (χ0) is 14.3. The minimum Gasteiger partial charge on any atom is -0.502 e. The molecule has 0 aliphatic heterocycles. The Hall–Kier alpha value is -2.31. The van der Waals surface area contributed by atoms with E-state index >= 15 is 0 Å². The van der Waals surface area contributed by atoms with Gasteiger partial charge >= 0.3 is 11.7 Å². The number of nitro benzene ring substituents is 1. The Balaban J connectivity index is 2.48. The van der Waals surface area contributed by atoms with E-state index in [1.165, 1.54) is 6.07 Å². The van der Waals surface area contributed by atoms with Crippen LogP contribution in [0.25, 0.3) is 0 Å². The molecule has 1 rings (SSSR count). The maximum Gasteiger partial charge on any atom is 0.355 e. The van der Waals surface area contributed by atoms with E-state index < -0.39 is 22.3 Å². The second-order valence-corrected chi connectivity index (χ2v) is 3.90. The molecular formula is C12H15NO6. The van der Waals surface area contributed by atoms with Gasteiger partial charge in [-0.3, -0.25) is 19.9 Å². The summed E-state index contributed by atoms with van der Waals surface area (Å²) < 4.78 is 0. The van der Waals surface area contributed by atoms with Crippen LogP contribution in [0.4, 0.5) is 5.69 Å². The van der Waals surface area contributed by atoms with Gasteiger partial charge in [0.25, 0.3) is 0 Å². The van der Waals surface area contributed by atoms with Crippen molar-refractivity contribution in [2.45, 2.75) is 32.6 Å². The van der Waals surface area contributed by atoms with Crippen molar-refractivity contribution in [1.82, 2.24) is 0 Å². The fourth-order valence-corrected chi connectivity index (χ4v) is 1.37. The zero-order valence-corrected chi connectivity index (χ0v) is 10.5. The topological polar surface area (TPSA) is 98.9 Å². The van der Waals surface area contributed by atoms with Gasteiger partial charge in [0, 0.05) is 12.1 Å². The number of nitro groups is 1. The van der Waals surface area contributed by atoms with Gasteiger partial charge in [-0.25, -0.2) is 4.79 Å². The normalized spacial score (nSPS) is 9.95. The smallest absolute Gasteiger partial charge is 0.355 e. The molecule has 1 N–H and O–H groups in total. The van der Waals surface area contributed by atoms with Gasteiger partial charge in [0.1, 0.15) is 0 Å². The molecule has 0 unspecified atom stereocenters. The summed E-state index contributed by atoms with van der Waals surface area (Å²) >= 11 is 0. The largest absolute Gasteiger partial charge is 0.502 e. The highest BCUT2D eigenvalue weighted by molar-refractivity contribution is 5.68. The number of carbonyl (C=O) groups excluding carboxylic acids is 1. The number of hydrogen-bond acceptors (Lipinski definition) is 6. The monoisotopic (exact) mass is 269 g/mol. The first kappa shape index (κ1) is 14.7. The quantitative estimate of drug-likeness (QED) is 0.353. The summed E-state index contributed by atoms with van der Waals surface area (Å²) in [5.41, 5.74) is -0.443. The molecule has 0 amide bonds. The van der Waals surface area contributed by atoms with Crippen LogP contribution in [0.3, 0.4) is 0 Å². The van der Waals surface area contributed by atoms with Crippen molar-refractivity contribution in [3.05, 3.63) is 28.3 Å². The molecule has 1 aromatic rings. The van der Waals surface area contributed by atoms with Gasteiger partial charge in [-0.1, -0.05) is 19.8 Å². The van der Waals surface area contributed by atoms with Gasteiger partial charge in [-0.15, -0.1) is 0 Å². The van der Waals surface area contributed by atoms with Crippen LogP contribution in [-0.2, 0) is 9.68 Å². The SMILES string of the molecule is CCCCCC(=O)OOc1ccc([N+](=O)[O-])c(O)c1. The van der Waals surface area contributed by atoms with Crippen LogP contribution in [0.5, 0.6) is 11.5 Å². The molecule has 7 heteroatoms.